The van der Waals surface area contributed by atoms with Crippen LogP contribution in [-0.4, -0.2) is 16.9 Å². The second-order valence-electron chi connectivity index (χ2n) is 4.39. The molecule has 15 heavy (non-hydrogen) atoms. The van der Waals surface area contributed by atoms with Crippen LogP contribution < -0.4 is 0 Å². The van der Waals surface area contributed by atoms with Crippen molar-refractivity contribution in [3.63, 3.8) is 0 Å². The van der Waals surface area contributed by atoms with Crippen LogP contribution in [0.5, 0.6) is 0 Å². The quantitative estimate of drug-likeness (QED) is 0.685. The minimum atomic E-state index is -0.934. The standard InChI is InChI=1S/C12H18O3/c1-3-12(6-7-12)10(13)5-4-9(2)8-11(14)15/h8H,3-7H2,1-2H3,(H,14,15)/b9-8+. The lowest BCUT2D eigenvalue weighted by molar-refractivity contribution is -0.131. The maximum Gasteiger partial charge on any atom is 0.328 e. The fourth-order valence-corrected chi connectivity index (χ4v) is 1.84. The predicted octanol–water partition coefficient (Wildman–Crippen LogP) is 2.56. The van der Waals surface area contributed by atoms with Gasteiger partial charge in [-0.05, 0) is 32.6 Å². The number of hydrogen-bond acceptors (Lipinski definition) is 2. The number of carbonyl (C=O) groups is 2. The Balaban J connectivity index is 2.38. The number of carboxylic acid groups (broad SMARTS) is 1. The van der Waals surface area contributed by atoms with E-state index in [9.17, 15) is 9.59 Å². The molecule has 1 aliphatic carbocycles. The van der Waals surface area contributed by atoms with Crippen molar-refractivity contribution in [2.24, 2.45) is 5.41 Å². The van der Waals surface area contributed by atoms with Crippen LogP contribution in [0.25, 0.3) is 0 Å². The zero-order valence-electron chi connectivity index (χ0n) is 9.38. The van der Waals surface area contributed by atoms with E-state index in [-0.39, 0.29) is 5.41 Å². The number of carboxylic acids is 1. The summed E-state index contributed by atoms with van der Waals surface area (Å²) in [6, 6.07) is 0. The molecule has 0 aromatic carbocycles. The lowest BCUT2D eigenvalue weighted by Crippen LogP contribution is -2.14. The molecule has 0 radical (unpaired) electrons. The highest BCUT2D eigenvalue weighted by Crippen LogP contribution is 2.50. The first-order valence-electron chi connectivity index (χ1n) is 5.43. The first-order valence-corrected chi connectivity index (χ1v) is 5.43. The second-order valence-corrected chi connectivity index (χ2v) is 4.39. The molecule has 1 rings (SSSR count). The van der Waals surface area contributed by atoms with Gasteiger partial charge in [-0.15, -0.1) is 0 Å². The average Bonchev–Trinajstić information content (AvgIpc) is 2.93. The van der Waals surface area contributed by atoms with Gasteiger partial charge in [-0.25, -0.2) is 4.79 Å². The van der Waals surface area contributed by atoms with Crippen LogP contribution in [0.3, 0.4) is 0 Å². The Kier molecular flexibility index (Phi) is 3.66. The van der Waals surface area contributed by atoms with Gasteiger partial charge in [-0.1, -0.05) is 12.5 Å². The van der Waals surface area contributed by atoms with Crippen molar-refractivity contribution in [2.45, 2.75) is 46.0 Å². The summed E-state index contributed by atoms with van der Waals surface area (Å²) in [5.74, 6) is -0.625. The Labute approximate surface area is 90.2 Å². The molecule has 1 N–H and O–H groups in total. The van der Waals surface area contributed by atoms with Crippen molar-refractivity contribution in [3.05, 3.63) is 11.6 Å². The van der Waals surface area contributed by atoms with E-state index in [1.807, 2.05) is 6.92 Å². The third-order valence-electron chi connectivity index (χ3n) is 3.24. The Hall–Kier alpha value is -1.12. The van der Waals surface area contributed by atoms with Gasteiger partial charge < -0.3 is 5.11 Å². The van der Waals surface area contributed by atoms with Crippen LogP contribution in [0.15, 0.2) is 11.6 Å². The van der Waals surface area contributed by atoms with Crippen LogP contribution in [0.1, 0.15) is 46.0 Å². The summed E-state index contributed by atoms with van der Waals surface area (Å²) in [7, 11) is 0. The first kappa shape index (κ1) is 12.0. The van der Waals surface area contributed by atoms with E-state index in [1.54, 1.807) is 6.92 Å². The highest BCUT2D eigenvalue weighted by Gasteiger charge is 2.46. The molecular weight excluding hydrogens is 192 g/mol. The van der Waals surface area contributed by atoms with Crippen LogP contribution in [0.2, 0.25) is 0 Å². The van der Waals surface area contributed by atoms with Crippen LogP contribution in [0.4, 0.5) is 0 Å². The summed E-state index contributed by atoms with van der Waals surface area (Å²) < 4.78 is 0. The largest absolute Gasteiger partial charge is 0.478 e. The lowest BCUT2D eigenvalue weighted by atomic mass is 9.93. The number of aliphatic carboxylic acids is 1. The van der Waals surface area contributed by atoms with Gasteiger partial charge in [0.2, 0.25) is 0 Å². The summed E-state index contributed by atoms with van der Waals surface area (Å²) in [4.78, 5) is 22.1. The SMILES string of the molecule is CCC1(C(=O)CC/C(C)=C/C(=O)O)CC1. The van der Waals surface area contributed by atoms with Crippen LogP contribution >= 0.6 is 0 Å². The predicted molar refractivity (Wildman–Crippen MR) is 57.6 cm³/mol. The van der Waals surface area contributed by atoms with Gasteiger partial charge in [-0.3, -0.25) is 4.79 Å². The third-order valence-corrected chi connectivity index (χ3v) is 3.24. The molecule has 3 nitrogen and oxygen atoms in total. The maximum atomic E-state index is 11.8. The molecule has 0 unspecified atom stereocenters. The molecule has 1 fully saturated rings. The van der Waals surface area contributed by atoms with E-state index >= 15 is 0 Å². The Bertz CT molecular complexity index is 298. The minimum absolute atomic E-state index is 0.0382. The third kappa shape index (κ3) is 3.18. The number of allylic oxidation sites excluding steroid dienone is 1. The average molecular weight is 210 g/mol. The molecular formula is C12H18O3. The summed E-state index contributed by atoms with van der Waals surface area (Å²) in [6.07, 6.45) is 5.21. The van der Waals surface area contributed by atoms with E-state index < -0.39 is 5.97 Å². The molecule has 0 amide bonds. The number of carbonyl (C=O) groups excluding carboxylic acids is 1. The molecule has 3 heteroatoms. The Morgan fingerprint density at radius 3 is 2.33 bits per heavy atom. The minimum Gasteiger partial charge on any atom is -0.478 e. The number of rotatable bonds is 6. The fourth-order valence-electron chi connectivity index (χ4n) is 1.84. The van der Waals surface area contributed by atoms with Crippen molar-refractivity contribution >= 4 is 11.8 Å². The zero-order valence-corrected chi connectivity index (χ0v) is 9.38. The van der Waals surface area contributed by atoms with E-state index in [4.69, 9.17) is 5.11 Å². The van der Waals surface area contributed by atoms with Gasteiger partial charge in [0.05, 0.1) is 0 Å². The van der Waals surface area contributed by atoms with E-state index in [0.29, 0.717) is 18.6 Å². The van der Waals surface area contributed by atoms with Crippen LogP contribution in [0, 0.1) is 5.41 Å². The maximum absolute atomic E-state index is 11.8. The summed E-state index contributed by atoms with van der Waals surface area (Å²) >= 11 is 0. The van der Waals surface area contributed by atoms with Crippen molar-refractivity contribution < 1.29 is 14.7 Å². The summed E-state index contributed by atoms with van der Waals surface area (Å²) in [5, 5.41) is 8.51. The van der Waals surface area contributed by atoms with E-state index in [2.05, 4.69) is 0 Å². The summed E-state index contributed by atoms with van der Waals surface area (Å²) in [5.41, 5.74) is 0.728. The van der Waals surface area contributed by atoms with Crippen molar-refractivity contribution in [2.75, 3.05) is 0 Å². The lowest BCUT2D eigenvalue weighted by Gasteiger charge is -2.10. The fraction of sp³-hybridized carbons (Fsp3) is 0.667. The first-order chi connectivity index (χ1) is 7.00. The molecule has 0 saturated heterocycles. The molecule has 84 valence electrons. The molecule has 1 saturated carbocycles. The van der Waals surface area contributed by atoms with Crippen LogP contribution in [-0.2, 0) is 9.59 Å². The molecule has 0 heterocycles. The molecule has 0 aliphatic heterocycles. The monoisotopic (exact) mass is 210 g/mol. The normalized spacial score (nSPS) is 18.7. The zero-order chi connectivity index (χ0) is 11.5. The molecule has 0 spiro atoms. The van der Waals surface area contributed by atoms with Gasteiger partial charge >= 0.3 is 5.97 Å². The van der Waals surface area contributed by atoms with Gasteiger partial charge in [-0.2, -0.15) is 0 Å². The van der Waals surface area contributed by atoms with Gasteiger partial charge in [0, 0.05) is 17.9 Å². The van der Waals surface area contributed by atoms with E-state index in [1.165, 1.54) is 6.08 Å². The topological polar surface area (TPSA) is 54.4 Å². The summed E-state index contributed by atoms with van der Waals surface area (Å²) in [6.45, 7) is 3.80. The highest BCUT2D eigenvalue weighted by atomic mass is 16.4. The number of Topliss-reactive ketones (excluding diaryl/α,β-unsaturated/α-hetero) is 1. The highest BCUT2D eigenvalue weighted by molar-refractivity contribution is 5.87. The Morgan fingerprint density at radius 1 is 1.33 bits per heavy atom. The Morgan fingerprint density at radius 2 is 1.93 bits per heavy atom. The second kappa shape index (κ2) is 4.60. The number of hydrogen-bond donors (Lipinski definition) is 1. The molecule has 0 aromatic heterocycles. The van der Waals surface area contributed by atoms with E-state index in [0.717, 1.165) is 24.8 Å². The van der Waals surface area contributed by atoms with Crippen molar-refractivity contribution in [3.8, 4) is 0 Å². The molecule has 0 bridgehead atoms. The van der Waals surface area contributed by atoms with Crippen molar-refractivity contribution in [1.82, 2.24) is 0 Å². The smallest absolute Gasteiger partial charge is 0.328 e. The molecule has 0 atom stereocenters. The molecule has 1 aliphatic rings. The van der Waals surface area contributed by atoms with Gasteiger partial charge in [0.1, 0.15) is 5.78 Å². The van der Waals surface area contributed by atoms with Crippen molar-refractivity contribution in [1.29, 1.82) is 0 Å². The number of ketones is 1. The molecule has 0 aromatic rings. The van der Waals surface area contributed by atoms with Gasteiger partial charge in [0.25, 0.3) is 0 Å². The van der Waals surface area contributed by atoms with Gasteiger partial charge in [0.15, 0.2) is 0 Å².